The molecular weight excluding hydrogens is 342 g/mol. The third-order valence-corrected chi connectivity index (χ3v) is 4.45. The molecule has 1 saturated heterocycles. The highest BCUT2D eigenvalue weighted by atomic mass is 16.5. The van der Waals surface area contributed by atoms with E-state index in [4.69, 9.17) is 4.74 Å². The zero-order chi connectivity index (χ0) is 19.1. The Morgan fingerprint density at radius 3 is 2.78 bits per heavy atom. The summed E-state index contributed by atoms with van der Waals surface area (Å²) in [7, 11) is 0. The number of nitrogens with zero attached hydrogens (tertiary/aromatic N) is 4. The molecule has 0 bridgehead atoms. The van der Waals surface area contributed by atoms with E-state index in [1.165, 1.54) is 26.2 Å². The monoisotopic (exact) mass is 369 g/mol. The molecule has 1 aromatic rings. The number of guanidine groups is 1. The summed E-state index contributed by atoms with van der Waals surface area (Å²) in [6, 6.07) is 3.74. The number of pyridine rings is 1. The second-order valence-electron chi connectivity index (χ2n) is 6.90. The van der Waals surface area contributed by atoms with Crippen LogP contribution in [-0.4, -0.2) is 59.7 Å². The lowest BCUT2D eigenvalue weighted by Gasteiger charge is -2.29. The van der Waals surface area contributed by atoms with Gasteiger partial charge in [-0.05, 0) is 37.8 Å². The third-order valence-electron chi connectivity index (χ3n) is 4.45. The lowest BCUT2D eigenvalue weighted by molar-refractivity contribution is -0.119. The molecule has 0 aliphatic carbocycles. The van der Waals surface area contributed by atoms with Gasteiger partial charge in [-0.3, -0.25) is 4.79 Å². The lowest BCUT2D eigenvalue weighted by atomic mass is 10.1. The standard InChI is InChI=1S/C20H27N5O2/c1-15(24-16(2)26)6-7-17-8-9-19(21-12-17)27-18-13-22-20(23-14-18)25-10-4-3-5-11-25/h6-9,12-13,15,18H,3-5,10-11,14H2,1-2H3,(H,24,26)/b7-6+/t15-,18?/m0/s1. The summed E-state index contributed by atoms with van der Waals surface area (Å²) in [5.74, 6) is 1.33. The Hall–Kier alpha value is -2.70. The molecule has 7 nitrogen and oxygen atoms in total. The average Bonchev–Trinajstić information content (AvgIpc) is 2.68. The van der Waals surface area contributed by atoms with E-state index in [9.17, 15) is 4.79 Å². The number of nitrogens with one attached hydrogen (secondary N) is 1. The van der Waals surface area contributed by atoms with Gasteiger partial charge in [0.25, 0.3) is 0 Å². The Morgan fingerprint density at radius 1 is 1.33 bits per heavy atom. The molecule has 1 amide bonds. The molecule has 2 aliphatic heterocycles. The van der Waals surface area contributed by atoms with Gasteiger partial charge in [0.05, 0.1) is 12.8 Å². The van der Waals surface area contributed by atoms with E-state index in [1.54, 1.807) is 6.20 Å². The zero-order valence-electron chi connectivity index (χ0n) is 16.0. The number of carbonyl (C=O) groups is 1. The predicted octanol–water partition coefficient (Wildman–Crippen LogP) is 2.29. The van der Waals surface area contributed by atoms with Gasteiger partial charge >= 0.3 is 0 Å². The Balaban J connectivity index is 1.49. The van der Waals surface area contributed by atoms with E-state index >= 15 is 0 Å². The molecule has 3 heterocycles. The van der Waals surface area contributed by atoms with E-state index in [-0.39, 0.29) is 18.1 Å². The molecule has 27 heavy (non-hydrogen) atoms. The van der Waals surface area contributed by atoms with Crippen LogP contribution in [0.1, 0.15) is 38.7 Å². The normalized spacial score (nSPS) is 21.0. The van der Waals surface area contributed by atoms with Gasteiger partial charge in [-0.15, -0.1) is 0 Å². The Kier molecular flexibility index (Phi) is 6.57. The number of aromatic nitrogens is 1. The second-order valence-corrected chi connectivity index (χ2v) is 6.90. The number of ether oxygens (including phenoxy) is 1. The minimum Gasteiger partial charge on any atom is -0.466 e. The van der Waals surface area contributed by atoms with Gasteiger partial charge in [-0.1, -0.05) is 12.2 Å². The molecule has 7 heteroatoms. The topological polar surface area (TPSA) is 79.2 Å². The first kappa shape index (κ1) is 19.1. The maximum atomic E-state index is 11.0. The molecule has 0 saturated carbocycles. The number of aliphatic imine (C=N–C) groups is 2. The number of rotatable bonds is 5. The second kappa shape index (κ2) is 9.30. The molecule has 1 unspecified atom stereocenters. The first-order chi connectivity index (χ1) is 13.1. The first-order valence-electron chi connectivity index (χ1n) is 9.52. The van der Waals surface area contributed by atoms with Crippen molar-refractivity contribution in [3.05, 3.63) is 30.0 Å². The van der Waals surface area contributed by atoms with E-state index < -0.39 is 0 Å². The fourth-order valence-corrected chi connectivity index (χ4v) is 3.09. The van der Waals surface area contributed by atoms with Crippen LogP contribution in [0.2, 0.25) is 0 Å². The predicted molar refractivity (Wildman–Crippen MR) is 107 cm³/mol. The van der Waals surface area contributed by atoms with Gasteiger partial charge in [0.2, 0.25) is 17.7 Å². The molecule has 1 N–H and O–H groups in total. The van der Waals surface area contributed by atoms with Crippen LogP contribution in [0.25, 0.3) is 6.08 Å². The molecule has 3 rings (SSSR count). The zero-order valence-corrected chi connectivity index (χ0v) is 16.0. The minimum atomic E-state index is -0.188. The summed E-state index contributed by atoms with van der Waals surface area (Å²) < 4.78 is 5.86. The highest BCUT2D eigenvalue weighted by Gasteiger charge is 2.19. The number of hydrogen-bond donors (Lipinski definition) is 1. The van der Waals surface area contributed by atoms with Crippen LogP contribution >= 0.6 is 0 Å². The Labute approximate surface area is 160 Å². The summed E-state index contributed by atoms with van der Waals surface area (Å²) in [5.41, 5.74) is 0.947. The van der Waals surface area contributed by atoms with Crippen LogP contribution in [0.3, 0.4) is 0 Å². The number of hydrogen-bond acceptors (Lipinski definition) is 6. The molecule has 0 spiro atoms. The molecular formula is C20H27N5O2. The van der Waals surface area contributed by atoms with E-state index in [1.807, 2.05) is 37.4 Å². The molecule has 2 aliphatic rings. The summed E-state index contributed by atoms with van der Waals surface area (Å²) in [6.07, 6.45) is 10.9. The van der Waals surface area contributed by atoms with Crippen molar-refractivity contribution < 1.29 is 9.53 Å². The number of amides is 1. The van der Waals surface area contributed by atoms with Crippen molar-refractivity contribution in [2.45, 2.75) is 45.3 Å². The summed E-state index contributed by atoms with van der Waals surface area (Å²) >= 11 is 0. The van der Waals surface area contributed by atoms with Crippen molar-refractivity contribution in [3.63, 3.8) is 0 Å². The average molecular weight is 369 g/mol. The van der Waals surface area contributed by atoms with Crippen molar-refractivity contribution in [2.75, 3.05) is 19.6 Å². The minimum absolute atomic E-state index is 0.0242. The van der Waals surface area contributed by atoms with Gasteiger partial charge in [0.1, 0.15) is 0 Å². The molecule has 2 atom stereocenters. The van der Waals surface area contributed by atoms with Crippen LogP contribution in [-0.2, 0) is 4.79 Å². The number of likely N-dealkylation sites (tertiary alicyclic amines) is 1. The van der Waals surface area contributed by atoms with E-state index in [0.29, 0.717) is 12.4 Å². The van der Waals surface area contributed by atoms with Gasteiger partial charge in [-0.25, -0.2) is 15.0 Å². The van der Waals surface area contributed by atoms with Crippen LogP contribution in [0.5, 0.6) is 5.88 Å². The fraction of sp³-hybridized carbons (Fsp3) is 0.500. The van der Waals surface area contributed by atoms with Crippen LogP contribution in [0.4, 0.5) is 0 Å². The van der Waals surface area contributed by atoms with Crippen molar-refractivity contribution in [1.82, 2.24) is 15.2 Å². The highest BCUT2D eigenvalue weighted by Crippen LogP contribution is 2.14. The fourth-order valence-electron chi connectivity index (χ4n) is 3.09. The van der Waals surface area contributed by atoms with Gasteiger partial charge in [0.15, 0.2) is 6.10 Å². The number of piperidine rings is 1. The highest BCUT2D eigenvalue weighted by molar-refractivity contribution is 5.91. The molecule has 1 aromatic heterocycles. The van der Waals surface area contributed by atoms with Crippen molar-refractivity contribution in [2.24, 2.45) is 9.98 Å². The van der Waals surface area contributed by atoms with Crippen molar-refractivity contribution in [1.29, 1.82) is 0 Å². The smallest absolute Gasteiger partial charge is 0.220 e. The molecule has 144 valence electrons. The summed E-state index contributed by atoms with van der Waals surface area (Å²) in [5, 5.41) is 2.80. The van der Waals surface area contributed by atoms with Gasteiger partial charge < -0.3 is 15.0 Å². The van der Waals surface area contributed by atoms with Gasteiger partial charge in [0, 0.05) is 38.3 Å². The van der Waals surface area contributed by atoms with Crippen molar-refractivity contribution >= 4 is 24.2 Å². The quantitative estimate of drug-likeness (QED) is 0.864. The van der Waals surface area contributed by atoms with Crippen LogP contribution in [0.15, 0.2) is 34.4 Å². The molecule has 0 radical (unpaired) electrons. The SMILES string of the molecule is CC(=O)N[C@@H](C)/C=C/c1ccc(OC2C=NC(N3CCCCC3)=NC2)nc1. The summed E-state index contributed by atoms with van der Waals surface area (Å²) in [6.45, 7) is 6.07. The van der Waals surface area contributed by atoms with Crippen molar-refractivity contribution in [3.8, 4) is 5.88 Å². The van der Waals surface area contributed by atoms with Gasteiger partial charge in [-0.2, -0.15) is 0 Å². The maximum absolute atomic E-state index is 11.0. The molecule has 0 aromatic carbocycles. The molecule has 1 fully saturated rings. The maximum Gasteiger partial charge on any atom is 0.220 e. The largest absolute Gasteiger partial charge is 0.466 e. The van der Waals surface area contributed by atoms with E-state index in [2.05, 4.69) is 25.2 Å². The lowest BCUT2D eigenvalue weighted by Crippen LogP contribution is -2.38. The van der Waals surface area contributed by atoms with Crippen LogP contribution < -0.4 is 10.1 Å². The van der Waals surface area contributed by atoms with Crippen LogP contribution in [0, 0.1) is 0 Å². The first-order valence-corrected chi connectivity index (χ1v) is 9.52. The Morgan fingerprint density at radius 2 is 2.15 bits per heavy atom. The number of carbonyl (C=O) groups excluding carboxylic acids is 1. The third kappa shape index (κ3) is 5.91. The Bertz CT molecular complexity index is 720. The van der Waals surface area contributed by atoms with E-state index in [0.717, 1.165) is 24.6 Å². The summed E-state index contributed by atoms with van der Waals surface area (Å²) in [4.78, 5) is 26.6.